The van der Waals surface area contributed by atoms with Crippen LogP contribution in [0.25, 0.3) is 0 Å². The normalized spacial score (nSPS) is 10.2. The smallest absolute Gasteiger partial charge is 0.277 e. The fourth-order valence-electron chi connectivity index (χ4n) is 1.38. The molecule has 2 rings (SSSR count). The highest BCUT2D eigenvalue weighted by molar-refractivity contribution is 6.05. The minimum atomic E-state index is -0.363. The summed E-state index contributed by atoms with van der Waals surface area (Å²) in [6, 6.07) is 3.31. The van der Waals surface area contributed by atoms with Crippen LogP contribution in [0.3, 0.4) is 0 Å². The molecule has 0 aliphatic rings. The van der Waals surface area contributed by atoms with Gasteiger partial charge in [-0.05, 0) is 26.0 Å². The summed E-state index contributed by atoms with van der Waals surface area (Å²) in [5.74, 6) is 0.134. The van der Waals surface area contributed by atoms with Crippen LogP contribution in [0.5, 0.6) is 0 Å². The molecule has 0 aromatic carbocycles. The molecule has 0 radical (unpaired) electrons. The Morgan fingerprint density at radius 3 is 2.82 bits per heavy atom. The molecule has 0 aliphatic heterocycles. The maximum Gasteiger partial charge on any atom is 0.277 e. The Balaban J connectivity index is 2.23. The van der Waals surface area contributed by atoms with Crippen molar-refractivity contribution in [2.45, 2.75) is 13.8 Å². The Hall–Kier alpha value is -2.37. The van der Waals surface area contributed by atoms with E-state index in [-0.39, 0.29) is 11.6 Å². The summed E-state index contributed by atoms with van der Waals surface area (Å²) in [5, 5.41) is 9.44. The minimum absolute atomic E-state index is 0.201. The van der Waals surface area contributed by atoms with Crippen molar-refractivity contribution >= 4 is 17.4 Å². The molecule has 0 bridgehead atoms. The largest absolute Gasteiger partial charge is 0.397 e. The van der Waals surface area contributed by atoms with Crippen LogP contribution in [0.1, 0.15) is 21.7 Å². The van der Waals surface area contributed by atoms with E-state index in [1.54, 1.807) is 12.1 Å². The maximum atomic E-state index is 11.9. The highest BCUT2D eigenvalue weighted by Crippen LogP contribution is 2.16. The van der Waals surface area contributed by atoms with Gasteiger partial charge in [0.25, 0.3) is 5.91 Å². The number of nitrogen functional groups attached to an aromatic ring is 1. The molecule has 2 aromatic heterocycles. The molecular weight excluding hydrogens is 218 g/mol. The van der Waals surface area contributed by atoms with E-state index >= 15 is 0 Å². The molecule has 6 nitrogen and oxygen atoms in total. The zero-order valence-corrected chi connectivity index (χ0v) is 9.61. The Morgan fingerprint density at radius 2 is 2.24 bits per heavy atom. The van der Waals surface area contributed by atoms with Crippen molar-refractivity contribution in [3.63, 3.8) is 0 Å². The second-order valence-electron chi connectivity index (χ2n) is 3.72. The van der Waals surface area contributed by atoms with Gasteiger partial charge in [-0.15, -0.1) is 0 Å². The Labute approximate surface area is 98.3 Å². The predicted molar refractivity (Wildman–Crippen MR) is 64.7 cm³/mol. The SMILES string of the molecule is Cc1[nH]nc(NC(=O)c2ncccc2N)c1C. The van der Waals surface area contributed by atoms with Gasteiger partial charge < -0.3 is 11.1 Å². The number of carbonyl (C=O) groups is 1. The molecule has 2 heterocycles. The van der Waals surface area contributed by atoms with Crippen LogP contribution >= 0.6 is 0 Å². The summed E-state index contributed by atoms with van der Waals surface area (Å²) in [5.41, 5.74) is 8.02. The molecule has 6 heteroatoms. The molecule has 0 atom stereocenters. The second-order valence-corrected chi connectivity index (χ2v) is 3.72. The number of rotatable bonds is 2. The molecule has 88 valence electrons. The van der Waals surface area contributed by atoms with Gasteiger partial charge in [-0.2, -0.15) is 5.10 Å². The molecule has 0 fully saturated rings. The first-order valence-corrected chi connectivity index (χ1v) is 5.13. The minimum Gasteiger partial charge on any atom is -0.397 e. The van der Waals surface area contributed by atoms with E-state index in [1.165, 1.54) is 6.20 Å². The number of carbonyl (C=O) groups excluding carboxylic acids is 1. The number of hydrogen-bond donors (Lipinski definition) is 3. The van der Waals surface area contributed by atoms with Gasteiger partial charge in [0, 0.05) is 17.5 Å². The molecule has 0 saturated carbocycles. The monoisotopic (exact) mass is 231 g/mol. The van der Waals surface area contributed by atoms with Crippen molar-refractivity contribution < 1.29 is 4.79 Å². The fraction of sp³-hybridized carbons (Fsp3) is 0.182. The highest BCUT2D eigenvalue weighted by atomic mass is 16.2. The van der Waals surface area contributed by atoms with Crippen molar-refractivity contribution in [2.24, 2.45) is 0 Å². The Bertz CT molecular complexity index is 561. The summed E-state index contributed by atoms with van der Waals surface area (Å²) in [6.45, 7) is 3.75. The zero-order chi connectivity index (χ0) is 12.4. The summed E-state index contributed by atoms with van der Waals surface area (Å²) < 4.78 is 0. The van der Waals surface area contributed by atoms with Crippen molar-refractivity contribution in [1.82, 2.24) is 15.2 Å². The third kappa shape index (κ3) is 2.10. The molecular formula is C11H13N5O. The standard InChI is InChI=1S/C11H13N5O/c1-6-7(2)15-16-10(6)14-11(17)9-8(12)4-3-5-13-9/h3-5H,12H2,1-2H3,(H2,14,15,16,17). The maximum absolute atomic E-state index is 11.9. The Morgan fingerprint density at radius 1 is 1.47 bits per heavy atom. The van der Waals surface area contributed by atoms with Crippen LogP contribution in [-0.2, 0) is 0 Å². The van der Waals surface area contributed by atoms with Gasteiger partial charge in [0.1, 0.15) is 0 Å². The van der Waals surface area contributed by atoms with Crippen molar-refractivity contribution in [1.29, 1.82) is 0 Å². The predicted octanol–water partition coefficient (Wildman–Crippen LogP) is 1.26. The van der Waals surface area contributed by atoms with Gasteiger partial charge in [-0.3, -0.25) is 9.89 Å². The fourth-order valence-corrected chi connectivity index (χ4v) is 1.38. The third-order valence-corrected chi connectivity index (χ3v) is 2.54. The topological polar surface area (TPSA) is 96.7 Å². The van der Waals surface area contributed by atoms with E-state index in [9.17, 15) is 4.79 Å². The second kappa shape index (κ2) is 4.25. The average molecular weight is 231 g/mol. The molecule has 4 N–H and O–H groups in total. The van der Waals surface area contributed by atoms with E-state index in [0.717, 1.165) is 11.3 Å². The summed E-state index contributed by atoms with van der Waals surface area (Å²) in [4.78, 5) is 15.8. The zero-order valence-electron chi connectivity index (χ0n) is 9.61. The lowest BCUT2D eigenvalue weighted by Gasteiger charge is -2.04. The van der Waals surface area contributed by atoms with Gasteiger partial charge in [-0.1, -0.05) is 0 Å². The van der Waals surface area contributed by atoms with Gasteiger partial charge in [-0.25, -0.2) is 4.98 Å². The molecule has 0 spiro atoms. The van der Waals surface area contributed by atoms with Crippen LogP contribution < -0.4 is 11.1 Å². The van der Waals surface area contributed by atoms with E-state index in [0.29, 0.717) is 11.5 Å². The van der Waals surface area contributed by atoms with Crippen LogP contribution in [-0.4, -0.2) is 21.1 Å². The molecule has 0 unspecified atom stereocenters. The summed E-state index contributed by atoms with van der Waals surface area (Å²) in [6.07, 6.45) is 1.52. The number of aromatic nitrogens is 3. The van der Waals surface area contributed by atoms with Crippen LogP contribution in [0.2, 0.25) is 0 Å². The highest BCUT2D eigenvalue weighted by Gasteiger charge is 2.14. The molecule has 0 saturated heterocycles. The number of nitrogens with one attached hydrogen (secondary N) is 2. The summed E-state index contributed by atoms with van der Waals surface area (Å²) >= 11 is 0. The number of nitrogens with zero attached hydrogens (tertiary/aromatic N) is 2. The van der Waals surface area contributed by atoms with Gasteiger partial charge in [0.2, 0.25) is 0 Å². The lowest BCUT2D eigenvalue weighted by molar-refractivity contribution is 0.102. The number of pyridine rings is 1. The van der Waals surface area contributed by atoms with Crippen LogP contribution in [0.4, 0.5) is 11.5 Å². The number of hydrogen-bond acceptors (Lipinski definition) is 4. The molecule has 2 aromatic rings. The first-order valence-electron chi connectivity index (χ1n) is 5.13. The number of aryl methyl sites for hydroxylation is 1. The first-order chi connectivity index (χ1) is 8.09. The first kappa shape index (κ1) is 11.1. The van der Waals surface area contributed by atoms with E-state index in [2.05, 4.69) is 20.5 Å². The van der Waals surface area contributed by atoms with Crippen LogP contribution in [0.15, 0.2) is 18.3 Å². The number of anilines is 2. The van der Waals surface area contributed by atoms with Crippen LogP contribution in [0, 0.1) is 13.8 Å². The number of aromatic amines is 1. The lowest BCUT2D eigenvalue weighted by Crippen LogP contribution is -2.16. The van der Waals surface area contributed by atoms with Gasteiger partial charge >= 0.3 is 0 Å². The van der Waals surface area contributed by atoms with E-state index < -0.39 is 0 Å². The van der Waals surface area contributed by atoms with Crippen molar-refractivity contribution in [3.05, 3.63) is 35.3 Å². The van der Waals surface area contributed by atoms with Crippen molar-refractivity contribution in [3.8, 4) is 0 Å². The molecule has 17 heavy (non-hydrogen) atoms. The number of H-pyrrole nitrogens is 1. The Kier molecular flexibility index (Phi) is 2.78. The summed E-state index contributed by atoms with van der Waals surface area (Å²) in [7, 11) is 0. The lowest BCUT2D eigenvalue weighted by atomic mass is 10.2. The van der Waals surface area contributed by atoms with Gasteiger partial charge in [0.05, 0.1) is 5.69 Å². The quantitative estimate of drug-likeness (QED) is 0.724. The molecule has 0 aliphatic carbocycles. The van der Waals surface area contributed by atoms with E-state index in [1.807, 2.05) is 13.8 Å². The number of nitrogens with two attached hydrogens (primary N) is 1. The third-order valence-electron chi connectivity index (χ3n) is 2.54. The average Bonchev–Trinajstić information content (AvgIpc) is 2.61. The van der Waals surface area contributed by atoms with Gasteiger partial charge in [0.15, 0.2) is 11.5 Å². The van der Waals surface area contributed by atoms with E-state index in [4.69, 9.17) is 5.73 Å². The number of amides is 1. The van der Waals surface area contributed by atoms with Crippen molar-refractivity contribution in [2.75, 3.05) is 11.1 Å². The molecule has 1 amide bonds.